The monoisotopic (exact) mass is 425 g/mol. The van der Waals surface area contributed by atoms with E-state index in [-0.39, 0.29) is 11.0 Å². The van der Waals surface area contributed by atoms with Gasteiger partial charge in [-0.05, 0) is 47.2 Å². The summed E-state index contributed by atoms with van der Waals surface area (Å²) in [6, 6.07) is 22.4. The first-order valence-electron chi connectivity index (χ1n) is 11.0. The lowest BCUT2D eigenvalue weighted by atomic mass is 9.87. The Morgan fingerprint density at radius 3 is 2.34 bits per heavy atom. The minimum absolute atomic E-state index is 0.122. The Bertz CT molecular complexity index is 1350. The first kappa shape index (κ1) is 20.4. The van der Waals surface area contributed by atoms with E-state index in [0.717, 1.165) is 45.6 Å². The molecule has 0 fully saturated rings. The van der Waals surface area contributed by atoms with Gasteiger partial charge in [-0.3, -0.25) is 0 Å². The second kappa shape index (κ2) is 7.56. The average molecular weight is 426 g/mol. The van der Waals surface area contributed by atoms with Gasteiger partial charge in [-0.2, -0.15) is 0 Å². The standard InChI is InChI=1S/C28H27NO3/c1-18-26-20(16-29(17-31-26)22-12-10-21(11-13-22)28(2,3)4)14-24-23(15-25(30)32-27(18)24)19-8-6-5-7-9-19/h5-15H,16-17H2,1-4H3. The lowest BCUT2D eigenvalue weighted by Crippen LogP contribution is -2.32. The fourth-order valence-corrected chi connectivity index (χ4v) is 4.42. The molecule has 0 radical (unpaired) electrons. The van der Waals surface area contributed by atoms with E-state index < -0.39 is 0 Å². The highest BCUT2D eigenvalue weighted by Crippen LogP contribution is 2.39. The molecule has 0 N–H and O–H groups in total. The smallest absolute Gasteiger partial charge is 0.336 e. The largest absolute Gasteiger partial charge is 0.472 e. The third-order valence-electron chi connectivity index (χ3n) is 6.20. The van der Waals surface area contributed by atoms with Gasteiger partial charge in [0.05, 0.1) is 0 Å². The molecule has 0 saturated carbocycles. The minimum Gasteiger partial charge on any atom is -0.472 e. The molecular weight excluding hydrogens is 398 g/mol. The zero-order chi connectivity index (χ0) is 22.5. The molecule has 5 rings (SSSR count). The number of fused-ring (bicyclic) bond motifs is 2. The second-order valence-electron chi connectivity index (χ2n) is 9.48. The molecular formula is C28H27NO3. The Labute approximate surface area is 188 Å². The van der Waals surface area contributed by atoms with Crippen LogP contribution in [0.5, 0.6) is 5.75 Å². The predicted octanol–water partition coefficient (Wildman–Crippen LogP) is 6.42. The van der Waals surface area contributed by atoms with Gasteiger partial charge in [-0.1, -0.05) is 63.2 Å². The number of benzene rings is 3. The molecule has 0 unspecified atom stereocenters. The Morgan fingerprint density at radius 2 is 1.66 bits per heavy atom. The van der Waals surface area contributed by atoms with Crippen molar-refractivity contribution in [1.82, 2.24) is 0 Å². The van der Waals surface area contributed by atoms with E-state index in [9.17, 15) is 4.79 Å². The highest BCUT2D eigenvalue weighted by atomic mass is 16.5. The van der Waals surface area contributed by atoms with E-state index >= 15 is 0 Å². The zero-order valence-electron chi connectivity index (χ0n) is 18.9. The van der Waals surface area contributed by atoms with Crippen molar-refractivity contribution in [3.05, 3.63) is 93.8 Å². The van der Waals surface area contributed by atoms with Crippen LogP contribution in [0.3, 0.4) is 0 Å². The number of rotatable bonds is 2. The molecule has 0 aliphatic carbocycles. The summed E-state index contributed by atoms with van der Waals surface area (Å²) in [5.41, 5.74) is 6.65. The summed E-state index contributed by atoms with van der Waals surface area (Å²) < 4.78 is 11.8. The topological polar surface area (TPSA) is 42.7 Å². The maximum Gasteiger partial charge on any atom is 0.336 e. The molecule has 32 heavy (non-hydrogen) atoms. The van der Waals surface area contributed by atoms with Crippen LogP contribution in [0.4, 0.5) is 5.69 Å². The Hall–Kier alpha value is -3.53. The molecule has 4 heteroatoms. The van der Waals surface area contributed by atoms with Crippen molar-refractivity contribution in [2.24, 2.45) is 0 Å². The number of hydrogen-bond donors (Lipinski definition) is 0. The van der Waals surface area contributed by atoms with Crippen LogP contribution >= 0.6 is 0 Å². The van der Waals surface area contributed by atoms with Gasteiger partial charge in [-0.15, -0.1) is 0 Å². The van der Waals surface area contributed by atoms with E-state index in [4.69, 9.17) is 9.15 Å². The molecule has 3 aromatic carbocycles. The molecule has 0 spiro atoms. The molecule has 4 nitrogen and oxygen atoms in total. The minimum atomic E-state index is -0.351. The van der Waals surface area contributed by atoms with Crippen molar-refractivity contribution in [3.63, 3.8) is 0 Å². The number of aryl methyl sites for hydroxylation is 1. The van der Waals surface area contributed by atoms with E-state index in [1.165, 1.54) is 5.56 Å². The lowest BCUT2D eigenvalue weighted by Gasteiger charge is -2.32. The maximum absolute atomic E-state index is 12.3. The van der Waals surface area contributed by atoms with Gasteiger partial charge in [0.25, 0.3) is 0 Å². The Kier molecular flexibility index (Phi) is 4.81. The van der Waals surface area contributed by atoms with Gasteiger partial charge in [0.1, 0.15) is 11.3 Å². The lowest BCUT2D eigenvalue weighted by molar-refractivity contribution is 0.287. The first-order chi connectivity index (χ1) is 15.3. The summed E-state index contributed by atoms with van der Waals surface area (Å²) >= 11 is 0. The van der Waals surface area contributed by atoms with Crippen LogP contribution in [0.15, 0.2) is 75.9 Å². The number of ether oxygens (including phenoxy) is 1. The second-order valence-corrected chi connectivity index (χ2v) is 9.48. The third kappa shape index (κ3) is 3.56. The molecule has 0 atom stereocenters. The van der Waals surface area contributed by atoms with E-state index in [1.54, 1.807) is 6.07 Å². The molecule has 1 aromatic heterocycles. The average Bonchev–Trinajstić information content (AvgIpc) is 2.79. The van der Waals surface area contributed by atoms with Crippen LogP contribution in [0, 0.1) is 6.92 Å². The van der Waals surface area contributed by atoms with Crippen molar-refractivity contribution < 1.29 is 9.15 Å². The molecule has 0 saturated heterocycles. The predicted molar refractivity (Wildman–Crippen MR) is 129 cm³/mol. The normalized spacial score (nSPS) is 13.7. The van der Waals surface area contributed by atoms with Crippen LogP contribution in [0.1, 0.15) is 37.5 Å². The van der Waals surface area contributed by atoms with Gasteiger partial charge in [0.15, 0.2) is 6.73 Å². The molecule has 4 aromatic rings. The molecule has 1 aliphatic rings. The highest BCUT2D eigenvalue weighted by molar-refractivity contribution is 5.96. The number of hydrogen-bond acceptors (Lipinski definition) is 4. The molecule has 0 bridgehead atoms. The van der Waals surface area contributed by atoms with E-state index in [0.29, 0.717) is 12.3 Å². The van der Waals surface area contributed by atoms with Gasteiger partial charge in [0.2, 0.25) is 0 Å². The van der Waals surface area contributed by atoms with Crippen molar-refractivity contribution >= 4 is 16.7 Å². The Balaban J connectivity index is 1.58. The van der Waals surface area contributed by atoms with Gasteiger partial charge < -0.3 is 14.1 Å². The molecule has 2 heterocycles. The maximum atomic E-state index is 12.3. The number of nitrogens with zero attached hydrogens (tertiary/aromatic N) is 1. The van der Waals surface area contributed by atoms with E-state index in [1.807, 2.05) is 37.3 Å². The molecule has 1 aliphatic heterocycles. The summed E-state index contributed by atoms with van der Waals surface area (Å²) in [7, 11) is 0. The fourth-order valence-electron chi connectivity index (χ4n) is 4.42. The fraction of sp³-hybridized carbons (Fsp3) is 0.250. The van der Waals surface area contributed by atoms with Gasteiger partial charge >= 0.3 is 5.63 Å². The van der Waals surface area contributed by atoms with Crippen LogP contribution in [-0.4, -0.2) is 6.73 Å². The van der Waals surface area contributed by atoms with Gasteiger partial charge in [-0.25, -0.2) is 4.79 Å². The number of anilines is 1. The van der Waals surface area contributed by atoms with Crippen molar-refractivity contribution in [1.29, 1.82) is 0 Å². The SMILES string of the molecule is Cc1c2c(cc3c(-c4ccccc4)cc(=O)oc13)CN(c1ccc(C(C)(C)C)cc1)CO2. The molecule has 162 valence electrons. The summed E-state index contributed by atoms with van der Waals surface area (Å²) in [4.78, 5) is 14.5. The first-order valence-corrected chi connectivity index (χ1v) is 11.0. The van der Waals surface area contributed by atoms with E-state index in [2.05, 4.69) is 56.0 Å². The van der Waals surface area contributed by atoms with Crippen molar-refractivity contribution in [3.8, 4) is 16.9 Å². The van der Waals surface area contributed by atoms with Crippen LogP contribution in [0.2, 0.25) is 0 Å². The zero-order valence-corrected chi connectivity index (χ0v) is 18.9. The summed E-state index contributed by atoms with van der Waals surface area (Å²) in [5, 5.41) is 0.931. The van der Waals surface area contributed by atoms with Gasteiger partial charge in [0, 0.05) is 34.8 Å². The summed E-state index contributed by atoms with van der Waals surface area (Å²) in [6.07, 6.45) is 0. The quantitative estimate of drug-likeness (QED) is 0.348. The summed E-state index contributed by atoms with van der Waals surface area (Å²) in [6.45, 7) is 9.81. The summed E-state index contributed by atoms with van der Waals surface area (Å²) in [5.74, 6) is 0.813. The van der Waals surface area contributed by atoms with Crippen molar-refractivity contribution in [2.45, 2.75) is 39.7 Å². The van der Waals surface area contributed by atoms with Crippen molar-refractivity contribution in [2.75, 3.05) is 11.6 Å². The Morgan fingerprint density at radius 1 is 0.938 bits per heavy atom. The van der Waals surface area contributed by atoms with Crippen LogP contribution in [0.25, 0.3) is 22.1 Å². The van der Waals surface area contributed by atoms with Crippen LogP contribution in [-0.2, 0) is 12.0 Å². The highest BCUT2D eigenvalue weighted by Gasteiger charge is 2.24. The van der Waals surface area contributed by atoms with Crippen LogP contribution < -0.4 is 15.3 Å². The molecule has 0 amide bonds. The third-order valence-corrected chi connectivity index (χ3v) is 6.20.